The first-order valence-electron chi connectivity index (χ1n) is 8.59. The summed E-state index contributed by atoms with van der Waals surface area (Å²) in [6.45, 7) is 4.03. The number of piperidine rings is 1. The highest BCUT2D eigenvalue weighted by atomic mass is 16.5. The van der Waals surface area contributed by atoms with Crippen LogP contribution in [0.25, 0.3) is 0 Å². The lowest BCUT2D eigenvalue weighted by Gasteiger charge is -2.39. The van der Waals surface area contributed by atoms with Crippen LogP contribution in [0, 0.1) is 0 Å². The van der Waals surface area contributed by atoms with Crippen molar-refractivity contribution in [2.45, 2.75) is 31.4 Å². The van der Waals surface area contributed by atoms with Gasteiger partial charge in [0.25, 0.3) is 0 Å². The molecule has 126 valence electrons. The molecule has 0 saturated carbocycles. The highest BCUT2D eigenvalue weighted by molar-refractivity contribution is 5.82. The number of rotatable bonds is 4. The van der Waals surface area contributed by atoms with Crippen LogP contribution in [-0.2, 0) is 9.53 Å². The van der Waals surface area contributed by atoms with Crippen molar-refractivity contribution in [3.05, 3.63) is 35.9 Å². The maximum Gasteiger partial charge on any atom is 0.240 e. The largest absolute Gasteiger partial charge is 0.387 e. The van der Waals surface area contributed by atoms with Crippen LogP contribution in [0.5, 0.6) is 0 Å². The Hall–Kier alpha value is -1.43. The summed E-state index contributed by atoms with van der Waals surface area (Å²) in [7, 11) is 0. The lowest BCUT2D eigenvalue weighted by atomic mass is 9.99. The molecule has 2 atom stereocenters. The third kappa shape index (κ3) is 4.10. The Labute approximate surface area is 137 Å². The maximum atomic E-state index is 12.8. The summed E-state index contributed by atoms with van der Waals surface area (Å²) in [6, 6.07) is 9.60. The molecular formula is C18H26N2O3. The Morgan fingerprint density at radius 2 is 1.91 bits per heavy atom. The topological polar surface area (TPSA) is 53.0 Å². The summed E-state index contributed by atoms with van der Waals surface area (Å²) in [5, 5.41) is 10.5. The van der Waals surface area contributed by atoms with Crippen LogP contribution in [0.1, 0.15) is 30.9 Å². The zero-order valence-electron chi connectivity index (χ0n) is 13.6. The van der Waals surface area contributed by atoms with Gasteiger partial charge in [-0.1, -0.05) is 36.8 Å². The number of morpholine rings is 1. The maximum absolute atomic E-state index is 12.8. The van der Waals surface area contributed by atoms with E-state index in [9.17, 15) is 9.90 Å². The van der Waals surface area contributed by atoms with E-state index in [0.717, 1.165) is 31.4 Å². The van der Waals surface area contributed by atoms with Gasteiger partial charge in [-0.15, -0.1) is 0 Å². The molecule has 0 spiro atoms. The second-order valence-electron chi connectivity index (χ2n) is 6.37. The Kier molecular flexibility index (Phi) is 5.65. The Morgan fingerprint density at radius 3 is 2.65 bits per heavy atom. The SMILES string of the molecule is O=C(C1CCCCN1CC(O)c1ccccc1)N1CCOCC1. The van der Waals surface area contributed by atoms with Crippen molar-refractivity contribution < 1.29 is 14.6 Å². The average molecular weight is 318 g/mol. The first-order chi connectivity index (χ1) is 11.3. The normalized spacial score (nSPS) is 24.4. The smallest absolute Gasteiger partial charge is 0.240 e. The molecule has 0 radical (unpaired) electrons. The molecule has 3 rings (SSSR count). The van der Waals surface area contributed by atoms with Gasteiger partial charge in [0, 0.05) is 19.6 Å². The first-order valence-corrected chi connectivity index (χ1v) is 8.59. The number of ether oxygens (including phenoxy) is 1. The van der Waals surface area contributed by atoms with Gasteiger partial charge < -0.3 is 14.7 Å². The first kappa shape index (κ1) is 16.4. The fourth-order valence-electron chi connectivity index (χ4n) is 3.49. The van der Waals surface area contributed by atoms with E-state index in [-0.39, 0.29) is 11.9 Å². The van der Waals surface area contributed by atoms with E-state index in [1.807, 2.05) is 35.2 Å². The monoisotopic (exact) mass is 318 g/mol. The van der Waals surface area contributed by atoms with Crippen LogP contribution >= 0.6 is 0 Å². The van der Waals surface area contributed by atoms with Gasteiger partial charge in [0.05, 0.1) is 25.4 Å². The third-order valence-electron chi connectivity index (χ3n) is 4.81. The number of nitrogens with zero attached hydrogens (tertiary/aromatic N) is 2. The van der Waals surface area contributed by atoms with E-state index in [1.165, 1.54) is 0 Å². The quantitative estimate of drug-likeness (QED) is 0.912. The van der Waals surface area contributed by atoms with Gasteiger partial charge in [-0.25, -0.2) is 0 Å². The van der Waals surface area contributed by atoms with Gasteiger partial charge in [0.15, 0.2) is 0 Å². The predicted octanol–water partition coefficient (Wildman–Crippen LogP) is 1.43. The summed E-state index contributed by atoms with van der Waals surface area (Å²) in [6.07, 6.45) is 2.51. The van der Waals surface area contributed by atoms with Crippen molar-refractivity contribution >= 4 is 5.91 Å². The van der Waals surface area contributed by atoms with Crippen molar-refractivity contribution in [3.8, 4) is 0 Å². The van der Waals surface area contributed by atoms with Crippen LogP contribution in [-0.4, -0.2) is 66.2 Å². The number of hydrogen-bond donors (Lipinski definition) is 1. The molecule has 2 aliphatic heterocycles. The van der Waals surface area contributed by atoms with E-state index < -0.39 is 6.10 Å². The molecule has 5 heteroatoms. The van der Waals surface area contributed by atoms with Crippen molar-refractivity contribution in [2.24, 2.45) is 0 Å². The number of aliphatic hydroxyl groups excluding tert-OH is 1. The number of β-amino-alcohol motifs (C(OH)–C–C–N with tert-alkyl or cyclic N) is 1. The van der Waals surface area contributed by atoms with Crippen LogP contribution in [0.3, 0.4) is 0 Å². The summed E-state index contributed by atoms with van der Waals surface area (Å²) in [4.78, 5) is 16.9. The second-order valence-corrected chi connectivity index (χ2v) is 6.37. The molecule has 2 saturated heterocycles. The summed E-state index contributed by atoms with van der Waals surface area (Å²) in [5.74, 6) is 0.202. The van der Waals surface area contributed by atoms with E-state index in [0.29, 0.717) is 32.8 Å². The van der Waals surface area contributed by atoms with Gasteiger partial charge >= 0.3 is 0 Å². The third-order valence-corrected chi connectivity index (χ3v) is 4.81. The Bertz CT molecular complexity index is 502. The van der Waals surface area contributed by atoms with Crippen molar-refractivity contribution in [1.29, 1.82) is 0 Å². The molecule has 1 aromatic rings. The molecule has 1 N–H and O–H groups in total. The zero-order valence-corrected chi connectivity index (χ0v) is 13.6. The number of amides is 1. The van der Waals surface area contributed by atoms with Gasteiger partial charge in [0.1, 0.15) is 0 Å². The standard InChI is InChI=1S/C18H26N2O3/c21-17(15-6-2-1-3-7-15)14-20-9-5-4-8-16(20)18(22)19-10-12-23-13-11-19/h1-3,6-7,16-17,21H,4-5,8-14H2. The van der Waals surface area contributed by atoms with Crippen molar-refractivity contribution in [1.82, 2.24) is 9.80 Å². The lowest BCUT2D eigenvalue weighted by molar-refractivity contribution is -0.143. The number of aliphatic hydroxyl groups is 1. The number of carbonyl (C=O) groups is 1. The minimum atomic E-state index is -0.547. The minimum Gasteiger partial charge on any atom is -0.387 e. The molecule has 2 heterocycles. The van der Waals surface area contributed by atoms with Crippen molar-refractivity contribution in [2.75, 3.05) is 39.4 Å². The average Bonchev–Trinajstić information content (AvgIpc) is 2.63. The molecule has 2 fully saturated rings. The Balaban J connectivity index is 1.65. The fourth-order valence-corrected chi connectivity index (χ4v) is 3.49. The molecule has 23 heavy (non-hydrogen) atoms. The summed E-state index contributed by atoms with van der Waals surface area (Å²) >= 11 is 0. The molecule has 0 bridgehead atoms. The van der Waals surface area contributed by atoms with Gasteiger partial charge in [-0.2, -0.15) is 0 Å². The van der Waals surface area contributed by atoms with Gasteiger partial charge in [0.2, 0.25) is 5.91 Å². The fraction of sp³-hybridized carbons (Fsp3) is 0.611. The number of hydrogen-bond acceptors (Lipinski definition) is 4. The molecular weight excluding hydrogens is 292 g/mol. The van der Waals surface area contributed by atoms with Gasteiger partial charge in [-0.05, 0) is 24.9 Å². The van der Waals surface area contributed by atoms with Crippen LogP contribution in [0.4, 0.5) is 0 Å². The molecule has 2 aliphatic rings. The molecule has 5 nitrogen and oxygen atoms in total. The van der Waals surface area contributed by atoms with Crippen LogP contribution < -0.4 is 0 Å². The number of benzene rings is 1. The highest BCUT2D eigenvalue weighted by Crippen LogP contribution is 2.23. The molecule has 0 aromatic heterocycles. The minimum absolute atomic E-state index is 0.0970. The summed E-state index contributed by atoms with van der Waals surface area (Å²) < 4.78 is 5.34. The Morgan fingerprint density at radius 1 is 1.17 bits per heavy atom. The van der Waals surface area contributed by atoms with E-state index in [2.05, 4.69) is 4.90 Å². The van der Waals surface area contributed by atoms with E-state index in [1.54, 1.807) is 0 Å². The molecule has 1 aromatic carbocycles. The van der Waals surface area contributed by atoms with E-state index in [4.69, 9.17) is 4.74 Å². The number of likely N-dealkylation sites (tertiary alicyclic amines) is 1. The lowest BCUT2D eigenvalue weighted by Crippen LogP contribution is -2.54. The summed E-state index contributed by atoms with van der Waals surface area (Å²) in [5.41, 5.74) is 0.913. The molecule has 0 aliphatic carbocycles. The van der Waals surface area contributed by atoms with Crippen molar-refractivity contribution in [3.63, 3.8) is 0 Å². The van der Waals surface area contributed by atoms with E-state index >= 15 is 0 Å². The molecule has 2 unspecified atom stereocenters. The van der Waals surface area contributed by atoms with Gasteiger partial charge in [-0.3, -0.25) is 9.69 Å². The van der Waals surface area contributed by atoms with Crippen LogP contribution in [0.2, 0.25) is 0 Å². The second kappa shape index (κ2) is 7.90. The molecule has 1 amide bonds. The zero-order chi connectivity index (χ0) is 16.1. The number of carbonyl (C=O) groups excluding carboxylic acids is 1. The predicted molar refractivity (Wildman–Crippen MR) is 88.0 cm³/mol. The van der Waals surface area contributed by atoms with Crippen LogP contribution in [0.15, 0.2) is 30.3 Å². The highest BCUT2D eigenvalue weighted by Gasteiger charge is 2.33.